The molecule has 0 fully saturated rings. The summed E-state index contributed by atoms with van der Waals surface area (Å²) in [5, 5.41) is 4.31. The molecule has 14 heteroatoms. The van der Waals surface area contributed by atoms with Crippen LogP contribution in [0.5, 0.6) is 12.0 Å². The van der Waals surface area contributed by atoms with Crippen LogP contribution in [0.4, 0.5) is 0 Å². The van der Waals surface area contributed by atoms with Crippen molar-refractivity contribution in [3.63, 3.8) is 0 Å². The monoisotopic (exact) mass is 960 g/mol. The van der Waals surface area contributed by atoms with Gasteiger partial charge in [0.25, 0.3) is 0 Å². The third kappa shape index (κ3) is 11.9. The fraction of sp³-hybridized carbons (Fsp3) is 0.0638. The molecule has 0 spiro atoms. The summed E-state index contributed by atoms with van der Waals surface area (Å²) in [6, 6.07) is 41.6. The smallest absolute Gasteiger partial charge is 0.317 e. The van der Waals surface area contributed by atoms with Gasteiger partial charge in [-0.3, -0.25) is 0 Å². The molecule has 0 bridgehead atoms. The molecular formula is C47H31Cl7N4O2S. The second-order valence-corrected chi connectivity index (χ2v) is 17.0. The molecule has 8 aromatic rings. The second kappa shape index (κ2) is 21.0. The minimum atomic E-state index is 0.240. The van der Waals surface area contributed by atoms with Gasteiger partial charge in [0, 0.05) is 64.7 Å². The van der Waals surface area contributed by atoms with Crippen molar-refractivity contribution in [2.75, 3.05) is 6.26 Å². The summed E-state index contributed by atoms with van der Waals surface area (Å²) >= 11 is 44.8. The van der Waals surface area contributed by atoms with Gasteiger partial charge < -0.3 is 9.47 Å². The van der Waals surface area contributed by atoms with Crippen molar-refractivity contribution in [1.82, 2.24) is 19.9 Å². The predicted octanol–water partition coefficient (Wildman–Crippen LogP) is 16.1. The van der Waals surface area contributed by atoms with Crippen molar-refractivity contribution in [3.05, 3.63) is 192 Å². The van der Waals surface area contributed by atoms with E-state index in [9.17, 15) is 0 Å². The van der Waals surface area contributed by atoms with Crippen molar-refractivity contribution in [2.45, 2.75) is 18.1 Å². The molecule has 0 atom stereocenters. The van der Waals surface area contributed by atoms with Crippen LogP contribution in [-0.4, -0.2) is 26.2 Å². The predicted molar refractivity (Wildman–Crippen MR) is 254 cm³/mol. The minimum Gasteiger partial charge on any atom is -0.459 e. The van der Waals surface area contributed by atoms with Gasteiger partial charge in [0.15, 0.2) is 0 Å². The summed E-state index contributed by atoms with van der Waals surface area (Å²) < 4.78 is 11.7. The Morgan fingerprint density at radius 1 is 0.426 bits per heavy atom. The molecule has 0 saturated carbocycles. The highest BCUT2D eigenvalue weighted by atomic mass is 35.5. The lowest BCUT2D eigenvalue weighted by Crippen LogP contribution is -2.02. The molecule has 0 aliphatic rings. The number of benzene rings is 6. The van der Waals surface area contributed by atoms with Crippen molar-refractivity contribution in [1.29, 1.82) is 0 Å². The Bertz CT molecular complexity index is 2760. The summed E-state index contributed by atoms with van der Waals surface area (Å²) in [6.45, 7) is 0.640. The van der Waals surface area contributed by atoms with Gasteiger partial charge in [-0.15, -0.1) is 11.8 Å². The van der Waals surface area contributed by atoms with E-state index in [1.165, 1.54) is 0 Å². The maximum Gasteiger partial charge on any atom is 0.317 e. The molecule has 0 aliphatic carbocycles. The molecule has 0 unspecified atom stereocenters. The highest BCUT2D eigenvalue weighted by molar-refractivity contribution is 7.98. The standard InChI is InChI=1S/C24H17Cl3N2OS.C23H14Cl4N2O/c1-31-19-10-11-20(22(27)12-19)23-21(16-4-8-18(26)9-5-16)13-28-24(29-23)30-14-15-2-6-17(25)7-3-15;24-16-5-1-14(2-6-16)13-30-23-28-12-20(15-3-7-17(25)8-4-15)22(29-23)19-10-9-18(26)11-21(19)27/h2-13H,14H2,1H3;1-12H,13H2. The van der Waals surface area contributed by atoms with E-state index in [0.717, 1.165) is 49.4 Å². The molecule has 0 saturated heterocycles. The zero-order valence-corrected chi connectivity index (χ0v) is 38.0. The summed E-state index contributed by atoms with van der Waals surface area (Å²) in [4.78, 5) is 19.2. The van der Waals surface area contributed by atoms with E-state index < -0.39 is 0 Å². The van der Waals surface area contributed by atoms with E-state index in [4.69, 9.17) is 95.7 Å². The molecular weight excluding hydrogens is 933 g/mol. The third-order valence-electron chi connectivity index (χ3n) is 9.02. The molecule has 2 heterocycles. The highest BCUT2D eigenvalue weighted by Gasteiger charge is 2.18. The van der Waals surface area contributed by atoms with Crippen molar-refractivity contribution < 1.29 is 9.47 Å². The van der Waals surface area contributed by atoms with Gasteiger partial charge in [0.1, 0.15) is 13.2 Å². The average Bonchev–Trinajstić information content (AvgIpc) is 3.27. The first kappa shape index (κ1) is 44.5. The molecule has 0 amide bonds. The zero-order chi connectivity index (χ0) is 42.9. The number of halogens is 7. The van der Waals surface area contributed by atoms with E-state index in [1.54, 1.807) is 36.3 Å². The maximum atomic E-state index is 6.62. The van der Waals surface area contributed by atoms with Gasteiger partial charge >= 0.3 is 12.0 Å². The van der Waals surface area contributed by atoms with Gasteiger partial charge in [-0.05, 0) is 107 Å². The number of hydrogen-bond donors (Lipinski definition) is 0. The Kier molecular flexibility index (Phi) is 15.3. The van der Waals surface area contributed by atoms with E-state index in [1.807, 2.05) is 128 Å². The topological polar surface area (TPSA) is 70.0 Å². The third-order valence-corrected chi connectivity index (χ3v) is 11.6. The molecule has 306 valence electrons. The van der Waals surface area contributed by atoms with Crippen LogP contribution in [0.2, 0.25) is 35.2 Å². The van der Waals surface area contributed by atoms with Crippen molar-refractivity contribution >= 4 is 93.0 Å². The van der Waals surface area contributed by atoms with E-state index in [0.29, 0.717) is 59.8 Å². The lowest BCUT2D eigenvalue weighted by Gasteiger charge is -2.13. The quantitative estimate of drug-likeness (QED) is 0.120. The normalized spacial score (nSPS) is 10.8. The van der Waals surface area contributed by atoms with Crippen LogP contribution in [0, 0.1) is 0 Å². The molecule has 61 heavy (non-hydrogen) atoms. The molecule has 0 radical (unpaired) electrons. The Morgan fingerprint density at radius 2 is 0.803 bits per heavy atom. The lowest BCUT2D eigenvalue weighted by atomic mass is 10.0. The number of thioether (sulfide) groups is 1. The fourth-order valence-electron chi connectivity index (χ4n) is 5.92. The van der Waals surface area contributed by atoms with Crippen LogP contribution in [-0.2, 0) is 13.2 Å². The Balaban J connectivity index is 0.000000184. The van der Waals surface area contributed by atoms with Crippen LogP contribution >= 0.6 is 93.0 Å². The Hall–Kier alpha value is -4.54. The number of ether oxygens (including phenoxy) is 2. The highest BCUT2D eigenvalue weighted by Crippen LogP contribution is 2.39. The number of rotatable bonds is 11. The summed E-state index contributed by atoms with van der Waals surface area (Å²) in [7, 11) is 0. The number of aromatic nitrogens is 4. The summed E-state index contributed by atoms with van der Waals surface area (Å²) in [5.74, 6) is 0. The summed E-state index contributed by atoms with van der Waals surface area (Å²) in [5.41, 5.74) is 8.28. The van der Waals surface area contributed by atoms with E-state index in [2.05, 4.69) is 15.0 Å². The van der Waals surface area contributed by atoms with Crippen LogP contribution < -0.4 is 9.47 Å². The zero-order valence-electron chi connectivity index (χ0n) is 31.9. The second-order valence-electron chi connectivity index (χ2n) is 13.1. The van der Waals surface area contributed by atoms with Gasteiger partial charge in [-0.2, -0.15) is 9.97 Å². The first-order chi connectivity index (χ1) is 29.5. The molecule has 6 nitrogen and oxygen atoms in total. The Labute approximate surface area is 392 Å². The minimum absolute atomic E-state index is 0.240. The van der Waals surface area contributed by atoms with Gasteiger partial charge in [-0.25, -0.2) is 9.97 Å². The molecule has 0 N–H and O–H groups in total. The van der Waals surface area contributed by atoms with Gasteiger partial charge in [0.05, 0.1) is 21.4 Å². The van der Waals surface area contributed by atoms with Crippen molar-refractivity contribution in [3.8, 4) is 56.8 Å². The molecule has 6 aromatic carbocycles. The van der Waals surface area contributed by atoms with Crippen LogP contribution in [0.3, 0.4) is 0 Å². The van der Waals surface area contributed by atoms with E-state index in [-0.39, 0.29) is 12.0 Å². The fourth-order valence-corrected chi connectivity index (χ4v) is 7.69. The van der Waals surface area contributed by atoms with Crippen LogP contribution in [0.15, 0.2) is 151 Å². The average molecular weight is 964 g/mol. The lowest BCUT2D eigenvalue weighted by molar-refractivity contribution is 0.281. The first-order valence-electron chi connectivity index (χ1n) is 18.3. The van der Waals surface area contributed by atoms with E-state index >= 15 is 0 Å². The van der Waals surface area contributed by atoms with Crippen LogP contribution in [0.1, 0.15) is 11.1 Å². The maximum absolute atomic E-state index is 6.62. The number of nitrogens with zero attached hydrogens (tertiary/aromatic N) is 4. The van der Waals surface area contributed by atoms with Crippen LogP contribution in [0.25, 0.3) is 44.8 Å². The molecule has 2 aromatic heterocycles. The first-order valence-corrected chi connectivity index (χ1v) is 22.2. The summed E-state index contributed by atoms with van der Waals surface area (Å²) in [6.07, 6.45) is 5.48. The largest absolute Gasteiger partial charge is 0.459 e. The molecule has 0 aliphatic heterocycles. The Morgan fingerprint density at radius 3 is 1.20 bits per heavy atom. The van der Waals surface area contributed by atoms with Crippen molar-refractivity contribution in [2.24, 2.45) is 0 Å². The van der Waals surface area contributed by atoms with Gasteiger partial charge in [-0.1, -0.05) is 136 Å². The number of hydrogen-bond acceptors (Lipinski definition) is 7. The SMILES string of the molecule is CSc1ccc(-c2nc(OCc3ccc(Cl)cc3)ncc2-c2ccc(Cl)cc2)c(Cl)c1.Clc1ccc(COc2ncc(-c3ccc(Cl)cc3)c(-c3ccc(Cl)cc3Cl)n2)cc1. The van der Waals surface area contributed by atoms with Gasteiger partial charge in [0.2, 0.25) is 0 Å². The molecule has 8 rings (SSSR count).